The first-order chi connectivity index (χ1) is 8.10. The summed E-state index contributed by atoms with van der Waals surface area (Å²) in [6.07, 6.45) is 0. The van der Waals surface area contributed by atoms with E-state index in [0.29, 0.717) is 5.75 Å². The van der Waals surface area contributed by atoms with Gasteiger partial charge in [-0.3, -0.25) is 0 Å². The molecule has 1 aromatic heterocycles. The Morgan fingerprint density at radius 3 is 2.24 bits per heavy atom. The van der Waals surface area contributed by atoms with Crippen LogP contribution in [-0.4, -0.2) is 12.2 Å². The highest BCUT2D eigenvalue weighted by Crippen LogP contribution is 2.32. The number of benzene rings is 1. The van der Waals surface area contributed by atoms with E-state index < -0.39 is 0 Å². The zero-order valence-electron chi connectivity index (χ0n) is 10.2. The number of ether oxygens (including phenoxy) is 1. The molecule has 0 aliphatic heterocycles. The van der Waals surface area contributed by atoms with Crippen LogP contribution in [0.1, 0.15) is 11.5 Å². The Balaban J connectivity index is 2.52. The smallest absolute Gasteiger partial charge is 0.327 e. The van der Waals surface area contributed by atoms with Gasteiger partial charge in [0, 0.05) is 12.1 Å². The van der Waals surface area contributed by atoms with E-state index in [1.165, 1.54) is 7.11 Å². The molecule has 0 amide bonds. The van der Waals surface area contributed by atoms with Gasteiger partial charge in [0.05, 0.1) is 21.0 Å². The lowest BCUT2D eigenvalue weighted by Crippen LogP contribution is -1.86. The number of aryl methyl sites for hydroxylation is 2. The van der Waals surface area contributed by atoms with Crippen LogP contribution < -0.4 is 4.74 Å². The normalized spacial score (nSPS) is 10.3. The fourth-order valence-corrected chi connectivity index (χ4v) is 1.82. The molecule has 0 aliphatic carbocycles. The second-order valence-corrected chi connectivity index (χ2v) is 3.95. The summed E-state index contributed by atoms with van der Waals surface area (Å²) < 4.78 is 10.5. The number of hydrogen-bond acceptors (Lipinski definition) is 2. The maximum absolute atomic E-state index is 9.55. The van der Waals surface area contributed by atoms with Crippen molar-refractivity contribution in [2.24, 2.45) is 0 Å². The predicted molar refractivity (Wildman–Crippen MR) is 66.2 cm³/mol. The van der Waals surface area contributed by atoms with Crippen molar-refractivity contribution >= 4 is 0 Å². The predicted octanol–water partition coefficient (Wildman–Crippen LogP) is 3.56. The molecule has 1 N–H and O–H groups in total. The van der Waals surface area contributed by atoms with Crippen molar-refractivity contribution in [1.82, 2.24) is 0 Å². The van der Waals surface area contributed by atoms with Crippen LogP contribution in [0.25, 0.3) is 11.1 Å². The monoisotopic (exact) mass is 231 g/mol. The topological polar surface area (TPSA) is 40.8 Å². The van der Waals surface area contributed by atoms with Gasteiger partial charge in [0.1, 0.15) is 0 Å². The van der Waals surface area contributed by atoms with Crippen molar-refractivity contribution in [3.63, 3.8) is 0 Å². The fourth-order valence-electron chi connectivity index (χ4n) is 1.82. The molecule has 0 saturated carbocycles. The molecule has 0 bridgehead atoms. The van der Waals surface area contributed by atoms with Gasteiger partial charge in [-0.15, -0.1) is 0 Å². The molecule has 0 saturated heterocycles. The van der Waals surface area contributed by atoms with Gasteiger partial charge in [0.15, 0.2) is 11.5 Å². The summed E-state index contributed by atoms with van der Waals surface area (Å²) in [5, 5.41) is 9.55. The maximum atomic E-state index is 9.55. The molecule has 0 radical (unpaired) electrons. The molecule has 88 valence electrons. The molecule has 0 aliphatic rings. The van der Waals surface area contributed by atoms with Crippen molar-refractivity contribution in [1.29, 1.82) is 0 Å². The van der Waals surface area contributed by atoms with Crippen molar-refractivity contribution in [2.45, 2.75) is 13.8 Å². The summed E-state index contributed by atoms with van der Waals surface area (Å²) in [6, 6.07) is 9.20. The third-order valence-electron chi connectivity index (χ3n) is 2.55. The SMILES string of the molecule is COc1cc(-c2cc(C)[o+]c(C)c2)ccc1O. The first kappa shape index (κ1) is 11.5. The Morgan fingerprint density at radius 1 is 1.00 bits per heavy atom. The molecule has 3 nitrogen and oxygen atoms in total. The van der Waals surface area contributed by atoms with E-state index in [1.54, 1.807) is 6.07 Å². The highest BCUT2D eigenvalue weighted by Gasteiger charge is 2.11. The van der Waals surface area contributed by atoms with Gasteiger partial charge >= 0.3 is 11.5 Å². The molecule has 3 heteroatoms. The molecule has 2 aromatic rings. The summed E-state index contributed by atoms with van der Waals surface area (Å²) in [7, 11) is 1.54. The number of rotatable bonds is 2. The first-order valence-corrected chi connectivity index (χ1v) is 5.39. The number of phenolic OH excluding ortho intramolecular Hbond substituents is 1. The van der Waals surface area contributed by atoms with Crippen LogP contribution >= 0.6 is 0 Å². The van der Waals surface area contributed by atoms with Gasteiger partial charge in [-0.05, 0) is 23.3 Å². The summed E-state index contributed by atoms with van der Waals surface area (Å²) >= 11 is 0. The van der Waals surface area contributed by atoms with Crippen LogP contribution in [0.3, 0.4) is 0 Å². The quantitative estimate of drug-likeness (QED) is 0.803. The highest BCUT2D eigenvalue weighted by atomic mass is 16.5. The lowest BCUT2D eigenvalue weighted by atomic mass is 10.1. The van der Waals surface area contributed by atoms with Crippen LogP contribution in [0.5, 0.6) is 11.5 Å². The average Bonchev–Trinajstić information content (AvgIpc) is 2.28. The third-order valence-corrected chi connectivity index (χ3v) is 2.55. The van der Waals surface area contributed by atoms with E-state index in [4.69, 9.17) is 9.15 Å². The third kappa shape index (κ3) is 2.38. The highest BCUT2D eigenvalue weighted by molar-refractivity contribution is 5.67. The minimum Gasteiger partial charge on any atom is -0.504 e. The van der Waals surface area contributed by atoms with Crippen LogP contribution in [0.4, 0.5) is 0 Å². The number of aromatic hydroxyl groups is 1. The van der Waals surface area contributed by atoms with Gasteiger partial charge < -0.3 is 9.84 Å². The number of phenols is 1. The molecular formula is C14H15O3+. The van der Waals surface area contributed by atoms with Gasteiger partial charge in [0.25, 0.3) is 0 Å². The standard InChI is InChI=1S/C14H14O3/c1-9-6-12(7-10(2)17-9)11-4-5-13(15)14(8-11)16-3/h4-8H,1-3H3/p+1. The van der Waals surface area contributed by atoms with Crippen LogP contribution in [-0.2, 0) is 0 Å². The van der Waals surface area contributed by atoms with Gasteiger partial charge in [-0.2, -0.15) is 0 Å². The average molecular weight is 231 g/mol. The van der Waals surface area contributed by atoms with E-state index in [2.05, 4.69) is 0 Å². The van der Waals surface area contributed by atoms with Crippen LogP contribution in [0.2, 0.25) is 0 Å². The molecular weight excluding hydrogens is 216 g/mol. The molecule has 1 heterocycles. The van der Waals surface area contributed by atoms with Crippen LogP contribution in [0, 0.1) is 13.8 Å². The largest absolute Gasteiger partial charge is 0.504 e. The van der Waals surface area contributed by atoms with Crippen molar-refractivity contribution in [3.05, 3.63) is 41.9 Å². The Kier molecular flexibility index (Phi) is 3.00. The molecule has 0 spiro atoms. The van der Waals surface area contributed by atoms with Gasteiger partial charge in [-0.1, -0.05) is 6.07 Å². The Bertz CT molecular complexity index is 527. The zero-order chi connectivity index (χ0) is 12.4. The minimum absolute atomic E-state index is 0.144. The molecule has 0 atom stereocenters. The van der Waals surface area contributed by atoms with E-state index in [1.807, 2.05) is 38.1 Å². The first-order valence-electron chi connectivity index (χ1n) is 5.39. The minimum atomic E-state index is 0.144. The molecule has 1 aromatic carbocycles. The molecule has 0 unspecified atom stereocenters. The summed E-state index contributed by atoms with van der Waals surface area (Å²) in [6.45, 7) is 3.82. The Morgan fingerprint density at radius 2 is 1.65 bits per heavy atom. The number of hydrogen-bond donors (Lipinski definition) is 1. The second-order valence-electron chi connectivity index (χ2n) is 3.95. The number of methoxy groups -OCH3 is 1. The second kappa shape index (κ2) is 4.45. The molecule has 0 fully saturated rings. The lowest BCUT2D eigenvalue weighted by molar-refractivity contribution is 0.373. The van der Waals surface area contributed by atoms with Crippen molar-refractivity contribution in [2.75, 3.05) is 7.11 Å². The van der Waals surface area contributed by atoms with Crippen molar-refractivity contribution in [3.8, 4) is 22.6 Å². The summed E-state index contributed by atoms with van der Waals surface area (Å²) in [5.41, 5.74) is 2.03. The van der Waals surface area contributed by atoms with E-state index in [-0.39, 0.29) is 5.75 Å². The fraction of sp³-hybridized carbons (Fsp3) is 0.214. The summed E-state index contributed by atoms with van der Waals surface area (Å²) in [4.78, 5) is 0. The van der Waals surface area contributed by atoms with Gasteiger partial charge in [0.2, 0.25) is 0 Å². The zero-order valence-corrected chi connectivity index (χ0v) is 10.2. The Labute approximate surface area is 100 Å². The van der Waals surface area contributed by atoms with E-state index in [9.17, 15) is 5.11 Å². The molecule has 17 heavy (non-hydrogen) atoms. The van der Waals surface area contributed by atoms with E-state index >= 15 is 0 Å². The molecule has 2 rings (SSSR count). The van der Waals surface area contributed by atoms with Crippen molar-refractivity contribution < 1.29 is 14.3 Å². The summed E-state index contributed by atoms with van der Waals surface area (Å²) in [5.74, 6) is 2.32. The maximum Gasteiger partial charge on any atom is 0.327 e. The van der Waals surface area contributed by atoms with Gasteiger partial charge in [-0.25, -0.2) is 4.42 Å². The lowest BCUT2D eigenvalue weighted by Gasteiger charge is -2.06. The Hall–Kier alpha value is -2.03. The van der Waals surface area contributed by atoms with Crippen LogP contribution in [0.15, 0.2) is 34.7 Å². The van der Waals surface area contributed by atoms with E-state index in [0.717, 1.165) is 22.6 Å².